The number of hydrogen-bond donors (Lipinski definition) is 1. The molecule has 0 radical (unpaired) electrons. The third-order valence-electron chi connectivity index (χ3n) is 4.65. The summed E-state index contributed by atoms with van der Waals surface area (Å²) in [4.78, 5) is 9.63. The molecule has 1 N–H and O–H groups in total. The van der Waals surface area contributed by atoms with Crippen molar-refractivity contribution >= 4 is 22.4 Å². The molecule has 1 saturated heterocycles. The van der Waals surface area contributed by atoms with Gasteiger partial charge in [0.25, 0.3) is 0 Å². The summed E-state index contributed by atoms with van der Waals surface area (Å²) in [6, 6.07) is 14.5. The number of anilines is 2. The van der Waals surface area contributed by atoms with Crippen molar-refractivity contribution in [2.45, 2.75) is 12.7 Å². The highest BCUT2D eigenvalue weighted by molar-refractivity contribution is 5.89. The van der Waals surface area contributed by atoms with E-state index in [4.69, 9.17) is 4.74 Å². The van der Waals surface area contributed by atoms with Crippen LogP contribution in [0.3, 0.4) is 0 Å². The summed E-state index contributed by atoms with van der Waals surface area (Å²) in [5, 5.41) is 3.64. The van der Waals surface area contributed by atoms with Crippen LogP contribution in [-0.2, 0) is 17.5 Å². The van der Waals surface area contributed by atoms with Gasteiger partial charge in [-0.25, -0.2) is 9.97 Å². The lowest BCUT2D eigenvalue weighted by Gasteiger charge is -2.30. The Bertz CT molecular complexity index is 971. The highest BCUT2D eigenvalue weighted by atomic mass is 19.4. The van der Waals surface area contributed by atoms with E-state index in [9.17, 15) is 13.2 Å². The number of nitrogens with zero attached hydrogens (tertiary/aromatic N) is 3. The van der Waals surface area contributed by atoms with Crippen LogP contribution in [-0.4, -0.2) is 36.3 Å². The van der Waals surface area contributed by atoms with Crippen LogP contribution in [0.25, 0.3) is 10.9 Å². The molecule has 1 fully saturated rings. The highest BCUT2D eigenvalue weighted by Gasteiger charge is 2.35. The van der Waals surface area contributed by atoms with Gasteiger partial charge in [-0.2, -0.15) is 13.2 Å². The molecule has 0 amide bonds. The van der Waals surface area contributed by atoms with Crippen LogP contribution < -0.4 is 10.2 Å². The molecule has 5 nitrogen and oxygen atoms in total. The van der Waals surface area contributed by atoms with Crippen molar-refractivity contribution in [3.63, 3.8) is 0 Å². The van der Waals surface area contributed by atoms with Gasteiger partial charge >= 0.3 is 6.18 Å². The van der Waals surface area contributed by atoms with Crippen LogP contribution in [0.4, 0.5) is 24.7 Å². The maximum Gasteiger partial charge on any atom is 0.451 e. The molecule has 0 aliphatic carbocycles. The highest BCUT2D eigenvalue weighted by Crippen LogP contribution is 2.31. The van der Waals surface area contributed by atoms with Gasteiger partial charge in [0, 0.05) is 30.7 Å². The second-order valence-corrected chi connectivity index (χ2v) is 6.49. The van der Waals surface area contributed by atoms with Gasteiger partial charge in [0.15, 0.2) is 0 Å². The average molecular weight is 388 g/mol. The zero-order valence-electron chi connectivity index (χ0n) is 15.0. The fraction of sp³-hybridized carbons (Fsp3) is 0.300. The van der Waals surface area contributed by atoms with E-state index in [1.807, 2.05) is 24.3 Å². The predicted molar refractivity (Wildman–Crippen MR) is 101 cm³/mol. The average Bonchev–Trinajstić information content (AvgIpc) is 2.72. The molecule has 0 unspecified atom stereocenters. The molecular weight excluding hydrogens is 369 g/mol. The summed E-state index contributed by atoms with van der Waals surface area (Å²) in [5.41, 5.74) is 2.29. The maximum atomic E-state index is 13.2. The van der Waals surface area contributed by atoms with Gasteiger partial charge in [0.2, 0.25) is 5.82 Å². The van der Waals surface area contributed by atoms with E-state index in [0.717, 1.165) is 24.3 Å². The van der Waals surface area contributed by atoms with Gasteiger partial charge in [-0.05, 0) is 23.8 Å². The second kappa shape index (κ2) is 7.63. The van der Waals surface area contributed by atoms with E-state index in [1.165, 1.54) is 0 Å². The molecule has 1 aliphatic rings. The molecule has 2 heterocycles. The summed E-state index contributed by atoms with van der Waals surface area (Å²) in [6.07, 6.45) is -4.60. The summed E-state index contributed by atoms with van der Waals surface area (Å²) >= 11 is 0. The minimum Gasteiger partial charge on any atom is -0.378 e. The molecule has 4 rings (SSSR count). The number of hydrogen-bond acceptors (Lipinski definition) is 5. The minimum absolute atomic E-state index is 0.176. The van der Waals surface area contributed by atoms with Crippen molar-refractivity contribution in [2.24, 2.45) is 0 Å². The molecule has 3 aromatic rings. The van der Waals surface area contributed by atoms with E-state index in [0.29, 0.717) is 25.1 Å². The molecule has 0 saturated carbocycles. The smallest absolute Gasteiger partial charge is 0.378 e. The van der Waals surface area contributed by atoms with Crippen molar-refractivity contribution in [2.75, 3.05) is 36.5 Å². The largest absolute Gasteiger partial charge is 0.451 e. The Balaban J connectivity index is 1.65. The molecule has 1 aromatic heterocycles. The lowest BCUT2D eigenvalue weighted by molar-refractivity contribution is -0.144. The van der Waals surface area contributed by atoms with Crippen molar-refractivity contribution in [1.82, 2.24) is 9.97 Å². The van der Waals surface area contributed by atoms with Gasteiger partial charge in [-0.1, -0.05) is 30.3 Å². The van der Waals surface area contributed by atoms with Gasteiger partial charge in [-0.3, -0.25) is 0 Å². The first-order chi connectivity index (χ1) is 13.5. The van der Waals surface area contributed by atoms with Crippen LogP contribution in [0.15, 0.2) is 48.5 Å². The van der Waals surface area contributed by atoms with Gasteiger partial charge < -0.3 is 15.0 Å². The Morgan fingerprint density at radius 2 is 1.68 bits per heavy atom. The van der Waals surface area contributed by atoms with Crippen molar-refractivity contribution in [1.29, 1.82) is 0 Å². The first kappa shape index (κ1) is 18.5. The molecule has 1 aliphatic heterocycles. The number of aromatic nitrogens is 2. The Hall–Kier alpha value is -2.87. The maximum absolute atomic E-state index is 13.2. The van der Waals surface area contributed by atoms with Crippen LogP contribution in [0, 0.1) is 0 Å². The van der Waals surface area contributed by atoms with Crippen LogP contribution in [0.1, 0.15) is 11.4 Å². The fourth-order valence-electron chi connectivity index (χ4n) is 3.29. The van der Waals surface area contributed by atoms with Crippen LogP contribution in [0.2, 0.25) is 0 Å². The van der Waals surface area contributed by atoms with E-state index in [1.54, 1.807) is 24.3 Å². The lowest BCUT2D eigenvalue weighted by atomic mass is 10.1. The standard InChI is InChI=1S/C20H19F3N4O/c21-20(22,23)19-25-16-7-3-2-6-15(16)18(26-19)24-13-14-5-1-4-8-17(14)27-9-11-28-12-10-27/h1-8H,9-13H2,(H,24,25,26). The number of rotatable bonds is 4. The van der Waals surface area contributed by atoms with Crippen molar-refractivity contribution in [3.05, 3.63) is 59.9 Å². The molecule has 2 aromatic carbocycles. The topological polar surface area (TPSA) is 50.3 Å². The van der Waals surface area contributed by atoms with Gasteiger partial charge in [0.05, 0.1) is 18.7 Å². The summed E-state index contributed by atoms with van der Waals surface area (Å²) in [5.74, 6) is -0.968. The summed E-state index contributed by atoms with van der Waals surface area (Å²) in [6.45, 7) is 3.24. The number of benzene rings is 2. The Kier molecular flexibility index (Phi) is 5.04. The Morgan fingerprint density at radius 1 is 0.964 bits per heavy atom. The Labute approximate surface area is 160 Å². The zero-order valence-corrected chi connectivity index (χ0v) is 15.0. The third-order valence-corrected chi connectivity index (χ3v) is 4.65. The zero-order chi connectivity index (χ0) is 19.6. The molecule has 0 bridgehead atoms. The van der Waals surface area contributed by atoms with Crippen molar-refractivity contribution in [3.8, 4) is 0 Å². The fourth-order valence-corrected chi connectivity index (χ4v) is 3.29. The number of halogens is 3. The number of alkyl halides is 3. The van der Waals surface area contributed by atoms with Gasteiger partial charge in [0.1, 0.15) is 5.82 Å². The minimum atomic E-state index is -4.60. The van der Waals surface area contributed by atoms with Gasteiger partial charge in [-0.15, -0.1) is 0 Å². The predicted octanol–water partition coefficient (Wildman–Crippen LogP) is 4.10. The molecule has 8 heteroatoms. The third kappa shape index (κ3) is 3.87. The molecule has 28 heavy (non-hydrogen) atoms. The lowest BCUT2D eigenvalue weighted by Crippen LogP contribution is -2.36. The number of nitrogens with one attached hydrogen (secondary N) is 1. The number of morpholine rings is 1. The second-order valence-electron chi connectivity index (χ2n) is 6.49. The molecule has 0 atom stereocenters. The van der Waals surface area contributed by atoms with Crippen LogP contribution >= 0.6 is 0 Å². The first-order valence-corrected chi connectivity index (χ1v) is 9.01. The number of fused-ring (bicyclic) bond motifs is 1. The molecule has 0 spiro atoms. The SMILES string of the molecule is FC(F)(F)c1nc(NCc2ccccc2N2CCOCC2)c2ccccc2n1. The number of ether oxygens (including phenoxy) is 1. The first-order valence-electron chi connectivity index (χ1n) is 9.01. The van der Waals surface area contributed by atoms with E-state index in [2.05, 4.69) is 20.2 Å². The van der Waals surface area contributed by atoms with E-state index in [-0.39, 0.29) is 11.3 Å². The summed E-state index contributed by atoms with van der Waals surface area (Å²) < 4.78 is 45.0. The normalized spacial score (nSPS) is 15.0. The monoisotopic (exact) mass is 388 g/mol. The van der Waals surface area contributed by atoms with Crippen molar-refractivity contribution < 1.29 is 17.9 Å². The molecule has 146 valence electrons. The Morgan fingerprint density at radius 3 is 2.46 bits per heavy atom. The molecular formula is C20H19F3N4O. The quantitative estimate of drug-likeness (QED) is 0.729. The number of para-hydroxylation sites is 2. The van der Waals surface area contributed by atoms with E-state index >= 15 is 0 Å². The van der Waals surface area contributed by atoms with E-state index < -0.39 is 12.0 Å². The van der Waals surface area contributed by atoms with Crippen LogP contribution in [0.5, 0.6) is 0 Å². The summed E-state index contributed by atoms with van der Waals surface area (Å²) in [7, 11) is 0.